The maximum atomic E-state index is 5.49. The minimum absolute atomic E-state index is 0.781. The Bertz CT molecular complexity index is 532. The van der Waals surface area contributed by atoms with Crippen molar-refractivity contribution in [1.82, 2.24) is 4.98 Å². The molecule has 0 aliphatic rings. The van der Waals surface area contributed by atoms with Gasteiger partial charge in [0.15, 0.2) is 0 Å². The van der Waals surface area contributed by atoms with Gasteiger partial charge in [0.1, 0.15) is 5.82 Å². The van der Waals surface area contributed by atoms with Crippen LogP contribution in [-0.2, 0) is 6.42 Å². The van der Waals surface area contributed by atoms with E-state index in [4.69, 9.17) is 5.84 Å². The van der Waals surface area contributed by atoms with Gasteiger partial charge in [0.25, 0.3) is 0 Å². The third-order valence-corrected chi connectivity index (χ3v) is 3.11. The van der Waals surface area contributed by atoms with Gasteiger partial charge in [0.05, 0.1) is 5.52 Å². The van der Waals surface area contributed by atoms with Gasteiger partial charge < -0.3 is 5.43 Å². The lowest BCUT2D eigenvalue weighted by molar-refractivity contribution is 1.10. The molecule has 1 aromatic heterocycles. The van der Waals surface area contributed by atoms with Gasteiger partial charge in [-0.05, 0) is 43.0 Å². The van der Waals surface area contributed by atoms with E-state index in [0.717, 1.165) is 23.3 Å². The van der Waals surface area contributed by atoms with E-state index < -0.39 is 0 Å². The second kappa shape index (κ2) is 4.10. The summed E-state index contributed by atoms with van der Waals surface area (Å²) in [5.74, 6) is 6.27. The predicted molar refractivity (Wildman–Crippen MR) is 68.4 cm³/mol. The summed E-state index contributed by atoms with van der Waals surface area (Å²) in [6.07, 6.45) is 0.926. The van der Waals surface area contributed by atoms with E-state index in [0.29, 0.717) is 0 Å². The maximum Gasteiger partial charge on any atom is 0.143 e. The molecule has 0 atom stereocenters. The van der Waals surface area contributed by atoms with Crippen LogP contribution in [0, 0.1) is 13.8 Å². The van der Waals surface area contributed by atoms with Gasteiger partial charge in [-0.2, -0.15) is 0 Å². The lowest BCUT2D eigenvalue weighted by Gasteiger charge is -2.11. The van der Waals surface area contributed by atoms with Crippen LogP contribution in [0.4, 0.5) is 5.82 Å². The fourth-order valence-corrected chi connectivity index (χ4v) is 1.92. The first kappa shape index (κ1) is 10.9. The van der Waals surface area contributed by atoms with Gasteiger partial charge in [-0.1, -0.05) is 19.1 Å². The van der Waals surface area contributed by atoms with Crippen LogP contribution in [0.3, 0.4) is 0 Å². The summed E-state index contributed by atoms with van der Waals surface area (Å²) < 4.78 is 0. The maximum absolute atomic E-state index is 5.49. The van der Waals surface area contributed by atoms with Gasteiger partial charge in [0.2, 0.25) is 0 Å². The summed E-state index contributed by atoms with van der Waals surface area (Å²) in [4.78, 5) is 4.59. The summed E-state index contributed by atoms with van der Waals surface area (Å²) >= 11 is 0. The van der Waals surface area contributed by atoms with Crippen molar-refractivity contribution in [2.45, 2.75) is 27.2 Å². The molecule has 0 amide bonds. The fraction of sp³-hybridized carbons (Fsp3) is 0.308. The van der Waals surface area contributed by atoms with Crippen molar-refractivity contribution >= 4 is 16.7 Å². The molecule has 3 heteroatoms. The number of nitrogens with two attached hydrogens (primary N) is 1. The SMILES string of the molecule is CCc1cc2ccc(C)c(C)c2nc1NN. The largest absolute Gasteiger partial charge is 0.308 e. The monoisotopic (exact) mass is 215 g/mol. The van der Waals surface area contributed by atoms with Crippen LogP contribution < -0.4 is 11.3 Å². The van der Waals surface area contributed by atoms with Gasteiger partial charge in [0, 0.05) is 5.39 Å². The summed E-state index contributed by atoms with van der Waals surface area (Å²) in [6, 6.07) is 6.41. The van der Waals surface area contributed by atoms with Crippen molar-refractivity contribution in [1.29, 1.82) is 0 Å². The molecule has 2 aromatic rings. The number of aryl methyl sites for hydroxylation is 3. The first-order valence-corrected chi connectivity index (χ1v) is 5.53. The molecule has 16 heavy (non-hydrogen) atoms. The fourth-order valence-electron chi connectivity index (χ4n) is 1.92. The topological polar surface area (TPSA) is 50.9 Å². The van der Waals surface area contributed by atoms with Crippen LogP contribution in [-0.4, -0.2) is 4.98 Å². The van der Waals surface area contributed by atoms with E-state index in [-0.39, 0.29) is 0 Å². The molecule has 0 aliphatic carbocycles. The lowest BCUT2D eigenvalue weighted by atomic mass is 10.0. The summed E-state index contributed by atoms with van der Waals surface area (Å²) in [5, 5.41) is 1.18. The molecule has 3 nitrogen and oxygen atoms in total. The van der Waals surface area contributed by atoms with E-state index in [1.165, 1.54) is 16.5 Å². The standard InChI is InChI=1S/C13H17N3/c1-4-10-7-11-6-5-8(2)9(3)12(11)15-13(10)16-14/h5-7H,4,14H2,1-3H3,(H,15,16). The summed E-state index contributed by atoms with van der Waals surface area (Å²) in [5.41, 5.74) is 7.33. The zero-order chi connectivity index (χ0) is 11.7. The molecule has 0 unspecified atom stereocenters. The van der Waals surface area contributed by atoms with Crippen LogP contribution in [0.2, 0.25) is 0 Å². The van der Waals surface area contributed by atoms with Gasteiger partial charge >= 0.3 is 0 Å². The molecular weight excluding hydrogens is 198 g/mol. The average Bonchev–Trinajstić information content (AvgIpc) is 2.32. The smallest absolute Gasteiger partial charge is 0.143 e. The van der Waals surface area contributed by atoms with Crippen molar-refractivity contribution in [3.05, 3.63) is 34.9 Å². The number of nitrogen functional groups attached to an aromatic ring is 1. The second-order valence-electron chi connectivity index (χ2n) is 4.07. The minimum Gasteiger partial charge on any atom is -0.308 e. The van der Waals surface area contributed by atoms with Crippen LogP contribution in [0.5, 0.6) is 0 Å². The molecular formula is C13H17N3. The normalized spacial score (nSPS) is 10.8. The first-order valence-electron chi connectivity index (χ1n) is 5.53. The molecule has 0 bridgehead atoms. The Morgan fingerprint density at radius 1 is 1.31 bits per heavy atom. The number of hydrazine groups is 1. The highest BCUT2D eigenvalue weighted by Crippen LogP contribution is 2.24. The minimum atomic E-state index is 0.781. The quantitative estimate of drug-likeness (QED) is 0.598. The lowest BCUT2D eigenvalue weighted by Crippen LogP contribution is -2.11. The Labute approximate surface area is 95.7 Å². The number of pyridine rings is 1. The summed E-state index contributed by atoms with van der Waals surface area (Å²) in [6.45, 7) is 6.29. The van der Waals surface area contributed by atoms with Crippen LogP contribution >= 0.6 is 0 Å². The molecule has 1 heterocycles. The molecule has 3 N–H and O–H groups in total. The van der Waals surface area contributed by atoms with Crippen LogP contribution in [0.25, 0.3) is 10.9 Å². The highest BCUT2D eigenvalue weighted by Gasteiger charge is 2.07. The summed E-state index contributed by atoms with van der Waals surface area (Å²) in [7, 11) is 0. The van der Waals surface area contributed by atoms with Crippen molar-refractivity contribution in [2.24, 2.45) is 5.84 Å². The Morgan fingerprint density at radius 3 is 2.69 bits per heavy atom. The number of fused-ring (bicyclic) bond motifs is 1. The molecule has 0 aliphatic heterocycles. The van der Waals surface area contributed by atoms with E-state index in [9.17, 15) is 0 Å². The first-order chi connectivity index (χ1) is 7.67. The number of hydrogen-bond donors (Lipinski definition) is 2. The number of nitrogens with one attached hydrogen (secondary N) is 1. The number of anilines is 1. The number of aromatic nitrogens is 1. The zero-order valence-corrected chi connectivity index (χ0v) is 9.96. The van der Waals surface area contributed by atoms with E-state index in [2.05, 4.69) is 49.4 Å². The molecule has 1 aromatic carbocycles. The second-order valence-corrected chi connectivity index (χ2v) is 4.07. The number of benzene rings is 1. The Hall–Kier alpha value is -1.61. The Kier molecular flexibility index (Phi) is 2.79. The van der Waals surface area contributed by atoms with Crippen molar-refractivity contribution in [3.63, 3.8) is 0 Å². The molecule has 0 saturated heterocycles. The number of hydrogen-bond acceptors (Lipinski definition) is 3. The van der Waals surface area contributed by atoms with Gasteiger partial charge in [-0.25, -0.2) is 10.8 Å². The molecule has 0 spiro atoms. The van der Waals surface area contributed by atoms with Crippen molar-refractivity contribution < 1.29 is 0 Å². The van der Waals surface area contributed by atoms with Crippen molar-refractivity contribution in [2.75, 3.05) is 5.43 Å². The highest BCUT2D eigenvalue weighted by atomic mass is 15.2. The number of rotatable bonds is 2. The predicted octanol–water partition coefficient (Wildman–Crippen LogP) is 2.70. The number of nitrogens with zero attached hydrogens (tertiary/aromatic N) is 1. The van der Waals surface area contributed by atoms with Crippen molar-refractivity contribution in [3.8, 4) is 0 Å². The third kappa shape index (κ3) is 1.63. The molecule has 2 rings (SSSR count). The Morgan fingerprint density at radius 2 is 2.06 bits per heavy atom. The van der Waals surface area contributed by atoms with E-state index >= 15 is 0 Å². The zero-order valence-electron chi connectivity index (χ0n) is 9.96. The molecule has 0 radical (unpaired) electrons. The van der Waals surface area contributed by atoms with E-state index in [1.54, 1.807) is 0 Å². The average molecular weight is 215 g/mol. The van der Waals surface area contributed by atoms with Gasteiger partial charge in [-0.15, -0.1) is 0 Å². The molecule has 0 fully saturated rings. The molecule has 0 saturated carbocycles. The highest BCUT2D eigenvalue weighted by molar-refractivity contribution is 5.85. The molecule has 84 valence electrons. The van der Waals surface area contributed by atoms with E-state index in [1.807, 2.05) is 0 Å². The van der Waals surface area contributed by atoms with Crippen LogP contribution in [0.1, 0.15) is 23.6 Å². The third-order valence-electron chi connectivity index (χ3n) is 3.11. The van der Waals surface area contributed by atoms with Crippen LogP contribution in [0.15, 0.2) is 18.2 Å². The van der Waals surface area contributed by atoms with Gasteiger partial charge in [-0.3, -0.25) is 0 Å². The Balaban J connectivity index is 2.78.